The van der Waals surface area contributed by atoms with Crippen LogP contribution in [-0.2, 0) is 0 Å². The zero-order valence-electron chi connectivity index (χ0n) is 7.21. The molecule has 1 aliphatic heterocycles. The third-order valence-corrected chi connectivity index (χ3v) is 2.41. The molecule has 2 aliphatic rings. The molecule has 68 valence electrons. The van der Waals surface area contributed by atoms with E-state index in [9.17, 15) is 0 Å². The van der Waals surface area contributed by atoms with E-state index in [1.165, 1.54) is 12.8 Å². The van der Waals surface area contributed by atoms with Crippen LogP contribution in [0, 0.1) is 5.92 Å². The Morgan fingerprint density at radius 1 is 1.67 bits per heavy atom. The molecule has 0 aromatic rings. The predicted molar refractivity (Wildman–Crippen MR) is 49.0 cm³/mol. The molecule has 0 spiro atoms. The lowest BCUT2D eigenvalue weighted by Crippen LogP contribution is -2.42. The average Bonchev–Trinajstić information content (AvgIpc) is 2.80. The molecule has 0 aromatic heterocycles. The molecule has 4 nitrogen and oxygen atoms in total. The Bertz CT molecular complexity index is 185. The summed E-state index contributed by atoms with van der Waals surface area (Å²) in [5.74, 6) is 1.69. The maximum Gasteiger partial charge on any atom is 0.191 e. The summed E-state index contributed by atoms with van der Waals surface area (Å²) < 4.78 is 0. The third kappa shape index (κ3) is 1.88. The van der Waals surface area contributed by atoms with Crippen molar-refractivity contribution in [1.82, 2.24) is 10.6 Å². The molecule has 2 rings (SSSR count). The van der Waals surface area contributed by atoms with Gasteiger partial charge in [0.15, 0.2) is 5.96 Å². The first-order valence-electron chi connectivity index (χ1n) is 4.64. The molecule has 0 aromatic carbocycles. The van der Waals surface area contributed by atoms with Crippen molar-refractivity contribution in [3.05, 3.63) is 0 Å². The Labute approximate surface area is 72.6 Å². The normalized spacial score (nSPS) is 24.6. The SMILES string of the molecule is NC(CNC1=NCCN1)C1CC1. The Hall–Kier alpha value is -0.770. The summed E-state index contributed by atoms with van der Waals surface area (Å²) in [5, 5.41) is 6.37. The highest BCUT2D eigenvalue weighted by molar-refractivity contribution is 5.81. The van der Waals surface area contributed by atoms with Gasteiger partial charge in [-0.15, -0.1) is 0 Å². The highest BCUT2D eigenvalue weighted by atomic mass is 15.2. The minimum Gasteiger partial charge on any atom is -0.355 e. The van der Waals surface area contributed by atoms with Gasteiger partial charge in [0.25, 0.3) is 0 Å². The molecular formula is C8H16N4. The number of nitrogens with one attached hydrogen (secondary N) is 2. The molecule has 0 amide bonds. The minimum atomic E-state index is 0.315. The lowest BCUT2D eigenvalue weighted by molar-refractivity contribution is 0.576. The highest BCUT2D eigenvalue weighted by Gasteiger charge is 2.28. The summed E-state index contributed by atoms with van der Waals surface area (Å²) in [6.07, 6.45) is 2.62. The van der Waals surface area contributed by atoms with Crippen molar-refractivity contribution in [2.45, 2.75) is 18.9 Å². The maximum atomic E-state index is 5.91. The summed E-state index contributed by atoms with van der Waals surface area (Å²) in [5.41, 5.74) is 5.91. The quantitative estimate of drug-likeness (QED) is 0.521. The zero-order chi connectivity index (χ0) is 8.39. The third-order valence-electron chi connectivity index (χ3n) is 2.41. The molecule has 4 heteroatoms. The van der Waals surface area contributed by atoms with E-state index in [2.05, 4.69) is 15.6 Å². The number of nitrogens with zero attached hydrogens (tertiary/aromatic N) is 1. The first-order chi connectivity index (χ1) is 5.86. The zero-order valence-corrected chi connectivity index (χ0v) is 7.21. The van der Waals surface area contributed by atoms with E-state index in [0.717, 1.165) is 31.5 Å². The van der Waals surface area contributed by atoms with Crippen molar-refractivity contribution in [3.63, 3.8) is 0 Å². The monoisotopic (exact) mass is 168 g/mol. The topological polar surface area (TPSA) is 62.4 Å². The van der Waals surface area contributed by atoms with E-state index >= 15 is 0 Å². The van der Waals surface area contributed by atoms with E-state index in [1.54, 1.807) is 0 Å². The van der Waals surface area contributed by atoms with Crippen molar-refractivity contribution in [3.8, 4) is 0 Å². The van der Waals surface area contributed by atoms with Gasteiger partial charge in [0, 0.05) is 19.1 Å². The van der Waals surface area contributed by atoms with Gasteiger partial charge >= 0.3 is 0 Å². The van der Waals surface area contributed by atoms with Crippen molar-refractivity contribution < 1.29 is 0 Å². The molecule has 0 saturated heterocycles. The summed E-state index contributed by atoms with van der Waals surface area (Å²) in [7, 11) is 0. The molecule has 1 saturated carbocycles. The van der Waals surface area contributed by atoms with E-state index < -0.39 is 0 Å². The minimum absolute atomic E-state index is 0.315. The van der Waals surface area contributed by atoms with E-state index in [1.807, 2.05) is 0 Å². The molecule has 1 unspecified atom stereocenters. The van der Waals surface area contributed by atoms with Gasteiger partial charge in [0.2, 0.25) is 0 Å². The molecule has 1 fully saturated rings. The molecule has 0 bridgehead atoms. The van der Waals surface area contributed by atoms with E-state index in [0.29, 0.717) is 6.04 Å². The Kier molecular flexibility index (Phi) is 2.17. The van der Waals surface area contributed by atoms with Crippen LogP contribution in [0.4, 0.5) is 0 Å². The van der Waals surface area contributed by atoms with E-state index in [4.69, 9.17) is 5.73 Å². The first-order valence-corrected chi connectivity index (χ1v) is 4.64. The van der Waals surface area contributed by atoms with Gasteiger partial charge in [-0.1, -0.05) is 0 Å². The fourth-order valence-electron chi connectivity index (χ4n) is 1.42. The van der Waals surface area contributed by atoms with Gasteiger partial charge in [0.1, 0.15) is 0 Å². The molecule has 12 heavy (non-hydrogen) atoms. The van der Waals surface area contributed by atoms with Gasteiger partial charge in [-0.25, -0.2) is 0 Å². The van der Waals surface area contributed by atoms with Crippen LogP contribution < -0.4 is 16.4 Å². The fourth-order valence-corrected chi connectivity index (χ4v) is 1.42. The summed E-state index contributed by atoms with van der Waals surface area (Å²) >= 11 is 0. The van der Waals surface area contributed by atoms with Gasteiger partial charge in [-0.2, -0.15) is 0 Å². The van der Waals surface area contributed by atoms with Crippen molar-refractivity contribution in [2.75, 3.05) is 19.6 Å². The predicted octanol–water partition coefficient (Wildman–Crippen LogP) is -0.727. The van der Waals surface area contributed by atoms with Crippen LogP contribution in [0.5, 0.6) is 0 Å². The number of nitrogens with two attached hydrogens (primary N) is 1. The molecule has 1 aliphatic carbocycles. The molecule has 4 N–H and O–H groups in total. The first kappa shape index (κ1) is 7.86. The molecule has 1 heterocycles. The largest absolute Gasteiger partial charge is 0.355 e. The van der Waals surface area contributed by atoms with Crippen LogP contribution in [0.15, 0.2) is 4.99 Å². The maximum absolute atomic E-state index is 5.91. The van der Waals surface area contributed by atoms with Gasteiger partial charge in [0.05, 0.1) is 6.54 Å². The molecule has 1 atom stereocenters. The number of hydrogen-bond acceptors (Lipinski definition) is 4. The van der Waals surface area contributed by atoms with Crippen molar-refractivity contribution >= 4 is 5.96 Å². The van der Waals surface area contributed by atoms with Gasteiger partial charge < -0.3 is 16.4 Å². The smallest absolute Gasteiger partial charge is 0.191 e. The lowest BCUT2D eigenvalue weighted by atomic mass is 10.2. The Balaban J connectivity index is 1.66. The Morgan fingerprint density at radius 2 is 2.50 bits per heavy atom. The number of guanidine groups is 1. The second kappa shape index (κ2) is 3.31. The second-order valence-electron chi connectivity index (χ2n) is 3.54. The highest BCUT2D eigenvalue weighted by Crippen LogP contribution is 2.31. The number of aliphatic imine (C=N–C) groups is 1. The average molecular weight is 168 g/mol. The summed E-state index contributed by atoms with van der Waals surface area (Å²) in [6, 6.07) is 0.315. The summed E-state index contributed by atoms with van der Waals surface area (Å²) in [4.78, 5) is 4.23. The molecular weight excluding hydrogens is 152 g/mol. The Morgan fingerprint density at radius 3 is 3.08 bits per heavy atom. The van der Waals surface area contributed by atoms with Crippen molar-refractivity contribution in [2.24, 2.45) is 16.6 Å². The number of rotatable bonds is 3. The van der Waals surface area contributed by atoms with Crippen molar-refractivity contribution in [1.29, 1.82) is 0 Å². The van der Waals surface area contributed by atoms with Crippen LogP contribution in [0.1, 0.15) is 12.8 Å². The standard InChI is InChI=1S/C8H16N4/c9-7(6-1-2-6)5-12-8-10-3-4-11-8/h6-7H,1-5,9H2,(H2,10,11,12). The van der Waals surface area contributed by atoms with Crippen LogP contribution in [0.25, 0.3) is 0 Å². The van der Waals surface area contributed by atoms with Gasteiger partial charge in [-0.3, -0.25) is 4.99 Å². The second-order valence-corrected chi connectivity index (χ2v) is 3.54. The summed E-state index contributed by atoms with van der Waals surface area (Å²) in [6.45, 7) is 2.71. The van der Waals surface area contributed by atoms with Crippen LogP contribution in [-0.4, -0.2) is 31.6 Å². The lowest BCUT2D eigenvalue weighted by Gasteiger charge is -2.12. The van der Waals surface area contributed by atoms with Crippen LogP contribution in [0.3, 0.4) is 0 Å². The van der Waals surface area contributed by atoms with E-state index in [-0.39, 0.29) is 0 Å². The molecule has 0 radical (unpaired) electrons. The van der Waals surface area contributed by atoms with Gasteiger partial charge in [-0.05, 0) is 18.8 Å². The van der Waals surface area contributed by atoms with Crippen LogP contribution in [0.2, 0.25) is 0 Å². The number of hydrogen-bond donors (Lipinski definition) is 3. The van der Waals surface area contributed by atoms with Crippen LogP contribution >= 0.6 is 0 Å². The fraction of sp³-hybridized carbons (Fsp3) is 0.875.